The van der Waals surface area contributed by atoms with Crippen LogP contribution in [0, 0.1) is 0 Å². The lowest BCUT2D eigenvalue weighted by molar-refractivity contribution is 0.137. The van der Waals surface area contributed by atoms with E-state index in [1.165, 1.54) is 5.56 Å². The minimum atomic E-state index is -0.0693. The number of piperidine rings is 1. The summed E-state index contributed by atoms with van der Waals surface area (Å²) >= 11 is 0. The molecule has 0 atom stereocenters. The van der Waals surface area contributed by atoms with Gasteiger partial charge in [-0.1, -0.05) is 30.3 Å². The molecule has 1 aromatic heterocycles. The zero-order chi connectivity index (χ0) is 16.9. The van der Waals surface area contributed by atoms with E-state index >= 15 is 0 Å². The van der Waals surface area contributed by atoms with Gasteiger partial charge in [0.1, 0.15) is 5.82 Å². The van der Waals surface area contributed by atoms with Crippen LogP contribution in [0.2, 0.25) is 0 Å². The normalized spacial score (nSPS) is 16.1. The van der Waals surface area contributed by atoms with Gasteiger partial charge in [0.15, 0.2) is 0 Å². The minimum Gasteiger partial charge on any atom is -0.324 e. The van der Waals surface area contributed by atoms with Crippen LogP contribution in [0.25, 0.3) is 0 Å². The molecule has 1 saturated heterocycles. The number of urea groups is 1. The van der Waals surface area contributed by atoms with E-state index in [1.807, 2.05) is 25.1 Å². The van der Waals surface area contributed by atoms with Gasteiger partial charge in [-0.2, -0.15) is 5.10 Å². The number of amides is 2. The van der Waals surface area contributed by atoms with E-state index in [0.717, 1.165) is 32.5 Å². The summed E-state index contributed by atoms with van der Waals surface area (Å²) in [5.74, 6) is 0.716. The number of benzene rings is 1. The second kappa shape index (κ2) is 7.49. The summed E-state index contributed by atoms with van der Waals surface area (Å²) in [6, 6.07) is 12.6. The SMILES string of the molecule is CN(C(=O)Nc1ccnn1C)C1CCN(Cc2ccccc2)CC1. The van der Waals surface area contributed by atoms with Gasteiger partial charge in [-0.3, -0.25) is 14.9 Å². The predicted octanol–water partition coefficient (Wildman–Crippen LogP) is 2.55. The summed E-state index contributed by atoms with van der Waals surface area (Å²) in [4.78, 5) is 16.7. The molecule has 1 aromatic carbocycles. The highest BCUT2D eigenvalue weighted by atomic mass is 16.2. The number of hydrogen-bond donors (Lipinski definition) is 1. The van der Waals surface area contributed by atoms with Crippen LogP contribution < -0.4 is 5.32 Å². The Kier molecular flexibility index (Phi) is 5.15. The number of nitrogens with one attached hydrogen (secondary N) is 1. The van der Waals surface area contributed by atoms with Gasteiger partial charge in [0.2, 0.25) is 0 Å². The number of carbonyl (C=O) groups excluding carboxylic acids is 1. The summed E-state index contributed by atoms with van der Waals surface area (Å²) in [5, 5.41) is 6.98. The number of nitrogens with zero attached hydrogens (tertiary/aromatic N) is 4. The third kappa shape index (κ3) is 3.94. The molecule has 128 valence electrons. The molecule has 2 amide bonds. The van der Waals surface area contributed by atoms with Crippen molar-refractivity contribution in [1.82, 2.24) is 19.6 Å². The van der Waals surface area contributed by atoms with Gasteiger partial charge in [0, 0.05) is 45.8 Å². The van der Waals surface area contributed by atoms with Crippen molar-refractivity contribution in [3.63, 3.8) is 0 Å². The maximum atomic E-state index is 12.4. The fraction of sp³-hybridized carbons (Fsp3) is 0.444. The molecule has 0 aliphatic carbocycles. The molecule has 0 bridgehead atoms. The number of aryl methyl sites for hydroxylation is 1. The summed E-state index contributed by atoms with van der Waals surface area (Å²) in [6.45, 7) is 3.02. The first kappa shape index (κ1) is 16.5. The Bertz CT molecular complexity index is 661. The van der Waals surface area contributed by atoms with Crippen LogP contribution in [-0.2, 0) is 13.6 Å². The van der Waals surface area contributed by atoms with E-state index in [9.17, 15) is 4.79 Å². The number of carbonyl (C=O) groups is 1. The highest BCUT2D eigenvalue weighted by Gasteiger charge is 2.25. The van der Waals surface area contributed by atoms with E-state index in [1.54, 1.807) is 16.9 Å². The predicted molar refractivity (Wildman–Crippen MR) is 94.7 cm³/mol. The molecule has 2 heterocycles. The van der Waals surface area contributed by atoms with Crippen LogP contribution in [0.15, 0.2) is 42.6 Å². The van der Waals surface area contributed by atoms with Gasteiger partial charge >= 0.3 is 6.03 Å². The van der Waals surface area contributed by atoms with Crippen molar-refractivity contribution in [3.05, 3.63) is 48.2 Å². The van der Waals surface area contributed by atoms with E-state index in [4.69, 9.17) is 0 Å². The first-order valence-corrected chi connectivity index (χ1v) is 8.41. The molecule has 6 heteroatoms. The average Bonchev–Trinajstić information content (AvgIpc) is 3.00. The Labute approximate surface area is 143 Å². The number of hydrogen-bond acceptors (Lipinski definition) is 3. The average molecular weight is 327 g/mol. The van der Waals surface area contributed by atoms with Crippen molar-refractivity contribution in [2.24, 2.45) is 7.05 Å². The topological polar surface area (TPSA) is 53.4 Å². The van der Waals surface area contributed by atoms with Gasteiger partial charge in [-0.05, 0) is 18.4 Å². The van der Waals surface area contributed by atoms with E-state index < -0.39 is 0 Å². The van der Waals surface area contributed by atoms with Crippen LogP contribution >= 0.6 is 0 Å². The molecular weight excluding hydrogens is 302 g/mol. The fourth-order valence-corrected chi connectivity index (χ4v) is 3.17. The van der Waals surface area contributed by atoms with Gasteiger partial charge in [-0.25, -0.2) is 4.79 Å². The molecule has 1 aliphatic rings. The van der Waals surface area contributed by atoms with Crippen molar-refractivity contribution in [2.45, 2.75) is 25.4 Å². The Morgan fingerprint density at radius 2 is 1.96 bits per heavy atom. The van der Waals surface area contributed by atoms with Crippen molar-refractivity contribution in [3.8, 4) is 0 Å². The van der Waals surface area contributed by atoms with Gasteiger partial charge in [0.25, 0.3) is 0 Å². The lowest BCUT2D eigenvalue weighted by Gasteiger charge is -2.36. The highest BCUT2D eigenvalue weighted by Crippen LogP contribution is 2.18. The molecule has 24 heavy (non-hydrogen) atoms. The molecule has 1 aliphatic heterocycles. The Morgan fingerprint density at radius 3 is 2.58 bits per heavy atom. The first-order valence-electron chi connectivity index (χ1n) is 8.41. The first-order chi connectivity index (χ1) is 11.6. The van der Waals surface area contributed by atoms with Gasteiger partial charge < -0.3 is 4.90 Å². The summed E-state index contributed by atoms with van der Waals surface area (Å²) in [5.41, 5.74) is 1.35. The quantitative estimate of drug-likeness (QED) is 0.939. The van der Waals surface area contributed by atoms with Crippen molar-refractivity contribution >= 4 is 11.8 Å². The molecular formula is C18H25N5O. The molecule has 0 saturated carbocycles. The number of aromatic nitrogens is 2. The van der Waals surface area contributed by atoms with Crippen LogP contribution in [0.1, 0.15) is 18.4 Å². The molecule has 0 spiro atoms. The Hall–Kier alpha value is -2.34. The van der Waals surface area contributed by atoms with Crippen LogP contribution in [0.4, 0.5) is 10.6 Å². The lowest BCUT2D eigenvalue weighted by Crippen LogP contribution is -2.46. The minimum absolute atomic E-state index is 0.0693. The summed E-state index contributed by atoms with van der Waals surface area (Å²) < 4.78 is 1.66. The molecule has 3 rings (SSSR count). The molecule has 1 N–H and O–H groups in total. The molecule has 0 unspecified atom stereocenters. The van der Waals surface area contributed by atoms with Crippen LogP contribution in [0.5, 0.6) is 0 Å². The molecule has 6 nitrogen and oxygen atoms in total. The number of anilines is 1. The maximum absolute atomic E-state index is 12.4. The highest BCUT2D eigenvalue weighted by molar-refractivity contribution is 5.88. The molecule has 2 aromatic rings. The van der Waals surface area contributed by atoms with Crippen LogP contribution in [-0.4, -0.2) is 51.8 Å². The van der Waals surface area contributed by atoms with E-state index in [2.05, 4.69) is 39.6 Å². The summed E-state index contributed by atoms with van der Waals surface area (Å²) in [7, 11) is 3.70. The molecule has 0 radical (unpaired) electrons. The van der Waals surface area contributed by atoms with Crippen LogP contribution in [0.3, 0.4) is 0 Å². The maximum Gasteiger partial charge on any atom is 0.322 e. The van der Waals surface area contributed by atoms with Crippen molar-refractivity contribution in [1.29, 1.82) is 0 Å². The Morgan fingerprint density at radius 1 is 1.25 bits per heavy atom. The monoisotopic (exact) mass is 327 g/mol. The Balaban J connectivity index is 1.48. The van der Waals surface area contributed by atoms with E-state index in [0.29, 0.717) is 5.82 Å². The number of likely N-dealkylation sites (tertiary alicyclic amines) is 1. The zero-order valence-electron chi connectivity index (χ0n) is 14.4. The van der Waals surface area contributed by atoms with Gasteiger partial charge in [-0.15, -0.1) is 0 Å². The third-order valence-corrected chi connectivity index (χ3v) is 4.73. The summed E-state index contributed by atoms with van der Waals surface area (Å²) in [6.07, 6.45) is 3.68. The third-order valence-electron chi connectivity index (χ3n) is 4.73. The zero-order valence-corrected chi connectivity index (χ0v) is 14.4. The van der Waals surface area contributed by atoms with Gasteiger partial charge in [0.05, 0.1) is 6.20 Å². The fourth-order valence-electron chi connectivity index (χ4n) is 3.17. The second-order valence-corrected chi connectivity index (χ2v) is 6.37. The largest absolute Gasteiger partial charge is 0.324 e. The second-order valence-electron chi connectivity index (χ2n) is 6.37. The number of rotatable bonds is 4. The lowest BCUT2D eigenvalue weighted by atomic mass is 10.0. The van der Waals surface area contributed by atoms with E-state index in [-0.39, 0.29) is 12.1 Å². The van der Waals surface area contributed by atoms with Crippen molar-refractivity contribution in [2.75, 3.05) is 25.5 Å². The standard InChI is InChI=1S/C18H25N5O/c1-21(18(24)20-17-8-11-19-22(17)2)16-9-12-23(13-10-16)14-15-6-4-3-5-7-15/h3-8,11,16H,9-10,12-14H2,1-2H3,(H,20,24). The molecule has 1 fully saturated rings. The smallest absolute Gasteiger partial charge is 0.322 e. The van der Waals surface area contributed by atoms with Crippen molar-refractivity contribution < 1.29 is 4.79 Å².